The fraction of sp³-hybridized carbons (Fsp3) is 0.615. The van der Waals surface area contributed by atoms with Crippen molar-refractivity contribution in [3.05, 3.63) is 20.8 Å². The van der Waals surface area contributed by atoms with E-state index in [1.165, 1.54) is 16.6 Å². The third-order valence-electron chi connectivity index (χ3n) is 2.97. The van der Waals surface area contributed by atoms with E-state index in [0.717, 1.165) is 0 Å². The second kappa shape index (κ2) is 7.64. The Labute approximate surface area is 127 Å². The predicted octanol–water partition coefficient (Wildman–Crippen LogP) is -0.688. The molecule has 0 aliphatic rings. The van der Waals surface area contributed by atoms with Gasteiger partial charge in [0.05, 0.1) is 6.61 Å². The number of nitrogens with two attached hydrogens (primary N) is 1. The maximum Gasteiger partial charge on any atom is 0.330 e. The molecule has 4 N–H and O–H groups in total. The lowest BCUT2D eigenvalue weighted by Gasteiger charge is -2.24. The van der Waals surface area contributed by atoms with Crippen molar-refractivity contribution in [2.45, 2.75) is 20.4 Å². The molecule has 0 aliphatic heterocycles. The van der Waals surface area contributed by atoms with Crippen LogP contribution in [0.3, 0.4) is 0 Å². The van der Waals surface area contributed by atoms with Gasteiger partial charge in [0.25, 0.3) is 5.56 Å². The summed E-state index contributed by atoms with van der Waals surface area (Å²) in [6.07, 6.45) is 0. The number of anilines is 2. The first-order valence-corrected chi connectivity index (χ1v) is 6.86. The first kappa shape index (κ1) is 17.8. The molecule has 0 radical (unpaired) electrons. The van der Waals surface area contributed by atoms with Crippen LogP contribution in [0.2, 0.25) is 0 Å². The van der Waals surface area contributed by atoms with Crippen LogP contribution in [-0.2, 0) is 16.1 Å². The molecule has 0 bridgehead atoms. The minimum absolute atomic E-state index is 0.0281. The average Bonchev–Trinajstić information content (AvgIpc) is 2.39. The Morgan fingerprint density at radius 2 is 2.09 bits per heavy atom. The Balaban J connectivity index is 3.37. The molecule has 0 amide bonds. The zero-order valence-electron chi connectivity index (χ0n) is 13.0. The lowest BCUT2D eigenvalue weighted by Crippen LogP contribution is -2.42. The maximum absolute atomic E-state index is 12.1. The molecule has 0 saturated carbocycles. The van der Waals surface area contributed by atoms with Crippen LogP contribution in [0.15, 0.2) is 9.59 Å². The van der Waals surface area contributed by atoms with Crippen LogP contribution in [0.5, 0.6) is 0 Å². The highest BCUT2D eigenvalue weighted by atomic mass is 16.5. The van der Waals surface area contributed by atoms with Gasteiger partial charge in [0, 0.05) is 20.2 Å². The van der Waals surface area contributed by atoms with E-state index in [4.69, 9.17) is 15.6 Å². The van der Waals surface area contributed by atoms with Gasteiger partial charge < -0.3 is 20.5 Å². The molecular weight excluding hydrogens is 292 g/mol. The van der Waals surface area contributed by atoms with Crippen molar-refractivity contribution in [3.63, 3.8) is 0 Å². The summed E-state index contributed by atoms with van der Waals surface area (Å²) in [5, 5.41) is 8.99. The van der Waals surface area contributed by atoms with E-state index in [1.54, 1.807) is 0 Å². The van der Waals surface area contributed by atoms with Gasteiger partial charge in [-0.15, -0.1) is 0 Å². The van der Waals surface area contributed by atoms with Crippen molar-refractivity contribution in [2.75, 3.05) is 37.4 Å². The number of aliphatic carboxylic acids is 1. The molecule has 0 atom stereocenters. The standard InChI is InChI=1S/C13H22N4O5/c1-8(2)6-17-11(14)10(12(20)15-13(17)21)16(4-5-22-3)7-9(18)19/h8H,4-7,14H2,1-3H3,(H,18,19)(H,15,20,21). The molecule has 1 heterocycles. The van der Waals surface area contributed by atoms with Crippen LogP contribution >= 0.6 is 0 Å². The second-order valence-electron chi connectivity index (χ2n) is 5.31. The summed E-state index contributed by atoms with van der Waals surface area (Å²) < 4.78 is 6.16. The molecule has 9 nitrogen and oxygen atoms in total. The summed E-state index contributed by atoms with van der Waals surface area (Å²) in [5.74, 6) is -1.03. The van der Waals surface area contributed by atoms with Gasteiger partial charge in [0.2, 0.25) is 0 Å². The number of carboxylic acids is 1. The van der Waals surface area contributed by atoms with Gasteiger partial charge in [-0.05, 0) is 5.92 Å². The molecule has 22 heavy (non-hydrogen) atoms. The molecule has 1 rings (SSSR count). The number of hydrogen-bond acceptors (Lipinski definition) is 6. The van der Waals surface area contributed by atoms with Crippen molar-refractivity contribution in [3.8, 4) is 0 Å². The van der Waals surface area contributed by atoms with Gasteiger partial charge in [-0.25, -0.2) is 4.79 Å². The van der Waals surface area contributed by atoms with Gasteiger partial charge in [-0.1, -0.05) is 13.8 Å². The summed E-state index contributed by atoms with van der Waals surface area (Å²) in [5.41, 5.74) is 4.60. The van der Waals surface area contributed by atoms with Gasteiger partial charge >= 0.3 is 11.7 Å². The second-order valence-corrected chi connectivity index (χ2v) is 5.31. The molecule has 0 unspecified atom stereocenters. The molecule has 1 aromatic heterocycles. The molecule has 0 fully saturated rings. The van der Waals surface area contributed by atoms with E-state index in [1.807, 2.05) is 13.8 Å². The third kappa shape index (κ3) is 4.35. The fourth-order valence-electron chi connectivity index (χ4n) is 2.06. The summed E-state index contributed by atoms with van der Waals surface area (Å²) in [6, 6.07) is 0. The van der Waals surface area contributed by atoms with Crippen molar-refractivity contribution >= 4 is 17.5 Å². The zero-order valence-corrected chi connectivity index (χ0v) is 13.0. The quantitative estimate of drug-likeness (QED) is 0.579. The van der Waals surface area contributed by atoms with E-state index < -0.39 is 23.8 Å². The predicted molar refractivity (Wildman–Crippen MR) is 82.3 cm³/mol. The van der Waals surface area contributed by atoms with E-state index >= 15 is 0 Å². The van der Waals surface area contributed by atoms with Gasteiger partial charge in [0.15, 0.2) is 0 Å². The normalized spacial score (nSPS) is 10.9. The first-order valence-electron chi connectivity index (χ1n) is 6.86. The molecule has 0 saturated heterocycles. The summed E-state index contributed by atoms with van der Waals surface area (Å²) in [7, 11) is 1.46. The summed E-state index contributed by atoms with van der Waals surface area (Å²) in [4.78, 5) is 38.4. The van der Waals surface area contributed by atoms with E-state index in [0.29, 0.717) is 6.54 Å². The average molecular weight is 314 g/mol. The van der Waals surface area contributed by atoms with Crippen molar-refractivity contribution in [1.29, 1.82) is 0 Å². The molecule has 0 aromatic carbocycles. The Hall–Kier alpha value is -2.29. The highest BCUT2D eigenvalue weighted by Crippen LogP contribution is 2.17. The Morgan fingerprint density at radius 3 is 2.59 bits per heavy atom. The Bertz CT molecular complexity index is 634. The first-order chi connectivity index (χ1) is 10.3. The van der Waals surface area contributed by atoms with Gasteiger partial charge in [-0.3, -0.25) is 19.1 Å². The number of aromatic nitrogens is 2. The Morgan fingerprint density at radius 1 is 1.45 bits per heavy atom. The van der Waals surface area contributed by atoms with Crippen LogP contribution in [-0.4, -0.2) is 47.4 Å². The topological polar surface area (TPSA) is 131 Å². The number of ether oxygens (including phenoxy) is 1. The lowest BCUT2D eigenvalue weighted by atomic mass is 10.2. The van der Waals surface area contributed by atoms with Crippen molar-refractivity contribution in [2.24, 2.45) is 5.92 Å². The molecule has 0 aliphatic carbocycles. The smallest absolute Gasteiger partial charge is 0.330 e. The molecule has 9 heteroatoms. The number of carbonyl (C=O) groups is 1. The third-order valence-corrected chi connectivity index (χ3v) is 2.97. The number of nitrogens with zero attached hydrogens (tertiary/aromatic N) is 2. The Kier molecular flexibility index (Phi) is 6.17. The largest absolute Gasteiger partial charge is 0.480 e. The minimum atomic E-state index is -1.11. The number of nitrogen functional groups attached to an aromatic ring is 1. The zero-order chi connectivity index (χ0) is 16.9. The van der Waals surface area contributed by atoms with Crippen LogP contribution < -0.4 is 21.9 Å². The highest BCUT2D eigenvalue weighted by molar-refractivity contribution is 5.76. The number of aromatic amines is 1. The fourth-order valence-corrected chi connectivity index (χ4v) is 2.06. The number of H-pyrrole nitrogens is 1. The number of rotatable bonds is 8. The van der Waals surface area contributed by atoms with Crippen molar-refractivity contribution < 1.29 is 14.6 Å². The van der Waals surface area contributed by atoms with Gasteiger partial charge in [-0.2, -0.15) is 0 Å². The van der Waals surface area contributed by atoms with Crippen molar-refractivity contribution in [1.82, 2.24) is 9.55 Å². The van der Waals surface area contributed by atoms with E-state index in [2.05, 4.69) is 4.98 Å². The molecule has 0 spiro atoms. The maximum atomic E-state index is 12.1. The lowest BCUT2D eigenvalue weighted by molar-refractivity contribution is -0.135. The summed E-state index contributed by atoms with van der Waals surface area (Å²) >= 11 is 0. The molecule has 1 aromatic rings. The van der Waals surface area contributed by atoms with Crippen LogP contribution in [0.1, 0.15) is 13.8 Å². The number of nitrogens with one attached hydrogen (secondary N) is 1. The monoisotopic (exact) mass is 314 g/mol. The number of carboxylic acid groups (broad SMARTS) is 1. The van der Waals surface area contributed by atoms with Gasteiger partial charge in [0.1, 0.15) is 18.1 Å². The molecule has 124 valence electrons. The van der Waals surface area contributed by atoms with Crippen LogP contribution in [0, 0.1) is 5.92 Å². The van der Waals surface area contributed by atoms with Crippen LogP contribution in [0.4, 0.5) is 11.5 Å². The van der Waals surface area contributed by atoms with E-state index in [9.17, 15) is 14.4 Å². The summed E-state index contributed by atoms with van der Waals surface area (Å²) in [6.45, 7) is 4.08. The highest BCUT2D eigenvalue weighted by Gasteiger charge is 2.21. The number of hydrogen-bond donors (Lipinski definition) is 3. The number of methoxy groups -OCH3 is 1. The SMILES string of the molecule is COCCN(CC(=O)O)c1c(N)n(CC(C)C)c(=O)[nH]c1=O. The molecular formula is C13H22N4O5. The van der Waals surface area contributed by atoms with Crippen LogP contribution in [0.25, 0.3) is 0 Å². The minimum Gasteiger partial charge on any atom is -0.480 e. The van der Waals surface area contributed by atoms with E-state index in [-0.39, 0.29) is 30.6 Å².